The molecule has 3 N–H and O–H groups in total. The minimum atomic E-state index is -0.857. The number of ether oxygens (including phenoxy) is 1. The monoisotopic (exact) mass is 599 g/mol. The van der Waals surface area contributed by atoms with Gasteiger partial charge in [-0.1, -0.05) is 104 Å². The Morgan fingerprint density at radius 3 is 2.05 bits per heavy atom. The fraction of sp³-hybridized carbons (Fsp3) is 0.343. The number of aryl methyl sites for hydroxylation is 1. The number of aliphatic hydroxyl groups is 1. The zero-order valence-corrected chi connectivity index (χ0v) is 25.6. The van der Waals surface area contributed by atoms with Gasteiger partial charge in [-0.25, -0.2) is 9.78 Å². The molecule has 0 saturated heterocycles. The van der Waals surface area contributed by atoms with E-state index in [-0.39, 0.29) is 12.5 Å². The van der Waals surface area contributed by atoms with Crippen molar-refractivity contribution in [2.24, 2.45) is 0 Å². The number of alkyl carbamates (subject to hydrolysis) is 1. The number of thiazole rings is 1. The zero-order chi connectivity index (χ0) is 30.4. The van der Waals surface area contributed by atoms with Gasteiger partial charge in [-0.15, -0.1) is 11.3 Å². The second kappa shape index (κ2) is 16.6. The van der Waals surface area contributed by atoms with Gasteiger partial charge in [0.1, 0.15) is 12.6 Å². The summed E-state index contributed by atoms with van der Waals surface area (Å²) in [4.78, 5) is 31.7. The Morgan fingerprint density at radius 1 is 0.860 bits per heavy atom. The third-order valence-electron chi connectivity index (χ3n) is 7.30. The van der Waals surface area contributed by atoms with Crippen LogP contribution >= 0.6 is 11.3 Å². The first kappa shape index (κ1) is 31.9. The van der Waals surface area contributed by atoms with Gasteiger partial charge in [0.15, 0.2) is 0 Å². The number of hydrogen-bond acceptors (Lipinski definition) is 6. The fourth-order valence-corrected chi connectivity index (χ4v) is 6.10. The van der Waals surface area contributed by atoms with Gasteiger partial charge in [0.2, 0.25) is 5.91 Å². The molecule has 0 radical (unpaired) electrons. The van der Waals surface area contributed by atoms with E-state index in [9.17, 15) is 14.7 Å². The molecule has 0 unspecified atom stereocenters. The predicted octanol–water partition coefficient (Wildman–Crippen LogP) is 6.22. The molecular formula is C35H41N3O4S. The van der Waals surface area contributed by atoms with Gasteiger partial charge < -0.3 is 20.5 Å². The first-order valence-electron chi connectivity index (χ1n) is 14.9. The summed E-state index contributed by atoms with van der Waals surface area (Å²) in [5.41, 5.74) is 3.02. The first-order chi connectivity index (χ1) is 20.9. The van der Waals surface area contributed by atoms with E-state index in [2.05, 4.69) is 29.7 Å². The number of amides is 2. The number of aliphatic hydroxyl groups excluding tert-OH is 1. The highest BCUT2D eigenvalue weighted by Gasteiger charge is 2.29. The average Bonchev–Trinajstić information content (AvgIpc) is 3.49. The predicted molar refractivity (Wildman–Crippen MR) is 171 cm³/mol. The van der Waals surface area contributed by atoms with Crippen molar-refractivity contribution in [1.82, 2.24) is 15.6 Å². The summed E-state index contributed by atoms with van der Waals surface area (Å²) < 4.78 is 5.29. The molecule has 0 spiro atoms. The summed E-state index contributed by atoms with van der Waals surface area (Å²) in [6, 6.07) is 27.9. The lowest BCUT2D eigenvalue weighted by molar-refractivity contribution is -0.124. The second-order valence-electron chi connectivity index (χ2n) is 10.8. The van der Waals surface area contributed by atoms with Gasteiger partial charge in [-0.3, -0.25) is 4.79 Å². The third-order valence-corrected chi connectivity index (χ3v) is 8.52. The molecule has 43 heavy (non-hydrogen) atoms. The van der Waals surface area contributed by atoms with E-state index in [4.69, 9.17) is 9.72 Å². The molecule has 0 bridgehead atoms. The minimum Gasteiger partial charge on any atom is -0.445 e. The van der Waals surface area contributed by atoms with Crippen LogP contribution in [0.5, 0.6) is 0 Å². The molecule has 226 valence electrons. The van der Waals surface area contributed by atoms with Crippen molar-refractivity contribution in [3.05, 3.63) is 124 Å². The van der Waals surface area contributed by atoms with E-state index < -0.39 is 30.2 Å². The van der Waals surface area contributed by atoms with Crippen LogP contribution in [0, 0.1) is 0 Å². The quantitative estimate of drug-likeness (QED) is 0.151. The number of nitrogens with one attached hydrogen (secondary N) is 2. The molecule has 0 aliphatic rings. The molecule has 4 aromatic rings. The highest BCUT2D eigenvalue weighted by atomic mass is 32.1. The summed E-state index contributed by atoms with van der Waals surface area (Å²) in [5, 5.41) is 18.3. The smallest absolute Gasteiger partial charge is 0.408 e. The zero-order valence-electron chi connectivity index (χ0n) is 24.8. The topological polar surface area (TPSA) is 101 Å². The number of aromatic nitrogens is 1. The van der Waals surface area contributed by atoms with Crippen LogP contribution in [-0.4, -0.2) is 40.3 Å². The minimum absolute atomic E-state index is 0.0216. The Balaban J connectivity index is 1.45. The van der Waals surface area contributed by atoms with E-state index >= 15 is 0 Å². The molecule has 1 heterocycles. The molecule has 7 nitrogen and oxygen atoms in total. The normalized spacial score (nSPS) is 13.8. The lowest BCUT2D eigenvalue weighted by Crippen LogP contribution is -2.52. The number of rotatable bonds is 15. The van der Waals surface area contributed by atoms with Gasteiger partial charge in [-0.2, -0.15) is 0 Å². The van der Waals surface area contributed by atoms with Gasteiger partial charge in [0.25, 0.3) is 0 Å². The molecule has 0 aliphatic carbocycles. The van der Waals surface area contributed by atoms with Crippen molar-refractivity contribution < 1.29 is 19.4 Å². The molecule has 4 atom stereocenters. The Labute approximate surface area is 258 Å². The second-order valence-corrected chi connectivity index (χ2v) is 12.0. The Hall–Kier alpha value is -4.01. The standard InChI is InChI=1S/C35H41N3O4S/c1-3-13-30-23-36-34(43-30)29(20-26-14-7-4-8-15-26)22-32(39)31(21-27-16-9-5-10-17-27)38-33(40)25(2)37-35(41)42-24-28-18-11-6-12-19-28/h4-12,14-19,23,25,29,31-32,39H,3,13,20-22,24H2,1-2H3,(H,37,41)(H,38,40)/t25-,29-,31-,32-/m0/s1. The largest absolute Gasteiger partial charge is 0.445 e. The summed E-state index contributed by atoms with van der Waals surface area (Å²) >= 11 is 1.70. The lowest BCUT2D eigenvalue weighted by atomic mass is 9.89. The lowest BCUT2D eigenvalue weighted by Gasteiger charge is -2.28. The molecule has 0 saturated carbocycles. The van der Waals surface area contributed by atoms with Crippen LogP contribution in [0.2, 0.25) is 0 Å². The summed E-state index contributed by atoms with van der Waals surface area (Å²) in [6.07, 6.45) is 4.03. The maximum absolute atomic E-state index is 13.3. The molecule has 1 aromatic heterocycles. The molecule has 0 fully saturated rings. The van der Waals surface area contributed by atoms with Gasteiger partial charge in [0, 0.05) is 17.0 Å². The van der Waals surface area contributed by atoms with E-state index in [0.717, 1.165) is 35.4 Å². The number of benzene rings is 3. The molecule has 3 aromatic carbocycles. The number of carbonyl (C=O) groups excluding carboxylic acids is 2. The van der Waals surface area contributed by atoms with Crippen molar-refractivity contribution in [2.45, 2.75) is 76.7 Å². The van der Waals surface area contributed by atoms with Crippen molar-refractivity contribution in [2.75, 3.05) is 0 Å². The van der Waals surface area contributed by atoms with E-state index in [0.29, 0.717) is 12.8 Å². The maximum Gasteiger partial charge on any atom is 0.408 e. The number of hydrogen-bond donors (Lipinski definition) is 3. The van der Waals surface area contributed by atoms with Crippen LogP contribution in [0.25, 0.3) is 0 Å². The van der Waals surface area contributed by atoms with Crippen molar-refractivity contribution in [3.8, 4) is 0 Å². The van der Waals surface area contributed by atoms with Crippen LogP contribution in [0.1, 0.15) is 59.2 Å². The maximum atomic E-state index is 13.3. The van der Waals surface area contributed by atoms with Crippen LogP contribution in [0.15, 0.2) is 97.2 Å². The van der Waals surface area contributed by atoms with Crippen LogP contribution in [0.3, 0.4) is 0 Å². The van der Waals surface area contributed by atoms with E-state index in [1.165, 1.54) is 10.4 Å². The van der Waals surface area contributed by atoms with Gasteiger partial charge in [0.05, 0.1) is 17.2 Å². The Bertz CT molecular complexity index is 1400. The highest BCUT2D eigenvalue weighted by molar-refractivity contribution is 7.11. The van der Waals surface area contributed by atoms with Gasteiger partial charge in [-0.05, 0) is 49.3 Å². The highest BCUT2D eigenvalue weighted by Crippen LogP contribution is 2.31. The molecule has 2 amide bonds. The molecule has 8 heteroatoms. The van der Waals surface area contributed by atoms with Crippen molar-refractivity contribution in [1.29, 1.82) is 0 Å². The third kappa shape index (κ3) is 10.3. The van der Waals surface area contributed by atoms with Crippen LogP contribution < -0.4 is 10.6 Å². The molecule has 4 rings (SSSR count). The van der Waals surface area contributed by atoms with Crippen LogP contribution in [0.4, 0.5) is 4.79 Å². The Kier molecular flexibility index (Phi) is 12.3. The summed E-state index contributed by atoms with van der Waals surface area (Å²) in [7, 11) is 0. The van der Waals surface area contributed by atoms with E-state index in [1.54, 1.807) is 18.3 Å². The number of carbonyl (C=O) groups is 2. The average molecular weight is 600 g/mol. The van der Waals surface area contributed by atoms with Crippen molar-refractivity contribution in [3.63, 3.8) is 0 Å². The number of nitrogens with zero attached hydrogens (tertiary/aromatic N) is 1. The molecular weight excluding hydrogens is 558 g/mol. The summed E-state index contributed by atoms with van der Waals surface area (Å²) in [5.74, 6) is -0.414. The summed E-state index contributed by atoms with van der Waals surface area (Å²) in [6.45, 7) is 3.87. The molecule has 0 aliphatic heterocycles. The first-order valence-corrected chi connectivity index (χ1v) is 15.7. The fourth-order valence-electron chi connectivity index (χ4n) is 4.97. The van der Waals surface area contributed by atoms with Crippen LogP contribution in [-0.2, 0) is 35.4 Å². The van der Waals surface area contributed by atoms with Crippen molar-refractivity contribution >= 4 is 23.3 Å². The SMILES string of the molecule is CCCc1cnc([C@@H](Cc2ccccc2)C[C@H](O)[C@H](Cc2ccccc2)NC(=O)[C@H](C)NC(=O)OCc2ccccc2)s1. The Morgan fingerprint density at radius 2 is 1.44 bits per heavy atom. The van der Waals surface area contributed by atoms with Gasteiger partial charge >= 0.3 is 6.09 Å². The van der Waals surface area contributed by atoms with E-state index in [1.807, 2.05) is 85.1 Å².